The van der Waals surface area contributed by atoms with E-state index in [0.717, 1.165) is 50.9 Å². The van der Waals surface area contributed by atoms with Crippen molar-refractivity contribution < 1.29 is 4.74 Å². The Balaban J connectivity index is 0.987. The average Bonchev–Trinajstić information content (AvgIpc) is 4.04. The van der Waals surface area contributed by atoms with Crippen molar-refractivity contribution in [3.8, 4) is 39.4 Å². The molecule has 0 amide bonds. The minimum Gasteiger partial charge on any atom is -0.457 e. The van der Waals surface area contributed by atoms with Crippen molar-refractivity contribution in [1.82, 2.24) is 4.57 Å². The fraction of sp³-hybridized carbons (Fsp3) is 0.0294. The van der Waals surface area contributed by atoms with E-state index in [1.807, 2.05) is 11.8 Å². The van der Waals surface area contributed by atoms with Crippen LogP contribution in [0.4, 0.5) is 17.1 Å². The van der Waals surface area contributed by atoms with Gasteiger partial charge in [-0.05, 0) is 134 Å². The molecule has 2 spiro atoms. The third kappa shape index (κ3) is 5.16. The molecule has 3 nitrogen and oxygen atoms in total. The number of fused-ring (bicyclic) bond motifs is 21. The van der Waals surface area contributed by atoms with Crippen LogP contribution in [0.3, 0.4) is 0 Å². The quantitative estimate of drug-likeness (QED) is 0.175. The Kier molecular flexibility index (Phi) is 8.24. The largest absolute Gasteiger partial charge is 0.457 e. The van der Waals surface area contributed by atoms with Crippen molar-refractivity contribution in [2.45, 2.75) is 20.6 Å². The molecule has 0 unspecified atom stereocenters. The van der Waals surface area contributed by atoms with Gasteiger partial charge in [0.25, 0.3) is 0 Å². The second kappa shape index (κ2) is 14.8. The molecule has 4 heteroatoms. The Morgan fingerprint density at radius 1 is 0.319 bits per heavy atom. The molecular formula is C68H42N2OS. The third-order valence-corrected chi connectivity index (χ3v) is 17.3. The van der Waals surface area contributed by atoms with E-state index in [1.54, 1.807) is 0 Å². The maximum atomic E-state index is 6.71. The van der Waals surface area contributed by atoms with Crippen LogP contribution in [-0.4, -0.2) is 4.57 Å². The molecule has 0 saturated carbocycles. The highest BCUT2D eigenvalue weighted by molar-refractivity contribution is 7.99. The van der Waals surface area contributed by atoms with E-state index in [2.05, 4.69) is 264 Å². The van der Waals surface area contributed by atoms with Crippen molar-refractivity contribution in [3.05, 3.63) is 299 Å². The van der Waals surface area contributed by atoms with Gasteiger partial charge >= 0.3 is 0 Å². The number of hydrogen-bond donors (Lipinski definition) is 0. The predicted octanol–water partition coefficient (Wildman–Crippen LogP) is 17.5. The Morgan fingerprint density at radius 2 is 0.792 bits per heavy atom. The highest BCUT2D eigenvalue weighted by Crippen LogP contribution is 2.65. The summed E-state index contributed by atoms with van der Waals surface area (Å²) in [7, 11) is 0. The number of hydrogen-bond acceptors (Lipinski definition) is 3. The van der Waals surface area contributed by atoms with Crippen molar-refractivity contribution in [2.75, 3.05) is 4.90 Å². The van der Waals surface area contributed by atoms with Gasteiger partial charge in [0, 0.05) is 54.4 Å². The molecular weight excluding hydrogens is 893 g/mol. The van der Waals surface area contributed by atoms with E-state index in [4.69, 9.17) is 4.74 Å². The third-order valence-electron chi connectivity index (χ3n) is 16.1. The Bertz CT molecular complexity index is 4170. The summed E-state index contributed by atoms with van der Waals surface area (Å²) in [5.41, 5.74) is 20.8. The number of anilines is 3. The highest BCUT2D eigenvalue weighted by atomic mass is 32.2. The van der Waals surface area contributed by atoms with Crippen LogP contribution in [-0.2, 0) is 10.8 Å². The first-order chi connectivity index (χ1) is 35.7. The maximum Gasteiger partial charge on any atom is 0.132 e. The van der Waals surface area contributed by atoms with Crippen LogP contribution in [0, 0.1) is 0 Å². The summed E-state index contributed by atoms with van der Waals surface area (Å²) in [6, 6.07) is 94.7. The van der Waals surface area contributed by atoms with E-state index in [0.29, 0.717) is 0 Å². The van der Waals surface area contributed by atoms with Crippen LogP contribution < -0.4 is 9.64 Å². The fourth-order valence-corrected chi connectivity index (χ4v) is 14.6. The molecule has 4 aliphatic rings. The number of ether oxygens (including phenoxy) is 1. The van der Waals surface area contributed by atoms with Crippen molar-refractivity contribution in [3.63, 3.8) is 0 Å². The fourth-order valence-electron chi connectivity index (χ4n) is 13.4. The molecule has 336 valence electrons. The Hall–Kier alpha value is -8.83. The van der Waals surface area contributed by atoms with Crippen LogP contribution >= 0.6 is 11.8 Å². The summed E-state index contributed by atoms with van der Waals surface area (Å²) in [6.07, 6.45) is 0. The summed E-state index contributed by atoms with van der Waals surface area (Å²) < 4.78 is 9.14. The van der Waals surface area contributed by atoms with Gasteiger partial charge in [0.15, 0.2) is 0 Å². The summed E-state index contributed by atoms with van der Waals surface area (Å²) in [6.45, 7) is 0. The van der Waals surface area contributed by atoms with E-state index < -0.39 is 10.8 Å². The monoisotopic (exact) mass is 934 g/mol. The van der Waals surface area contributed by atoms with Gasteiger partial charge in [-0.1, -0.05) is 188 Å². The van der Waals surface area contributed by atoms with Crippen LogP contribution in [0.5, 0.6) is 11.5 Å². The Morgan fingerprint density at radius 3 is 1.50 bits per heavy atom. The first kappa shape index (κ1) is 40.0. The molecule has 12 aromatic rings. The standard InChI is InChI=1S/C68H42N2OS/c1-2-18-43(19-3-1)70-61-29-13-6-22-50(61)51-38-35-46(42-62(51)70)69(44-36-39-55-52(40-44)48-21-5-8-24-54(48)67(55)56-25-9-14-30-63(56)71-64-31-15-10-26-57(64)67)45-34-37-49-47-20-4-7-23-53(47)68(60(49)41-45)58-27-11-16-32-65(58)72-66-33-17-12-28-59(66)68/h1-42H. The van der Waals surface area contributed by atoms with E-state index in [-0.39, 0.29) is 0 Å². The molecule has 0 fully saturated rings. The molecule has 11 aromatic carbocycles. The zero-order valence-corrected chi connectivity index (χ0v) is 39.8. The van der Waals surface area contributed by atoms with Crippen LogP contribution in [0.15, 0.2) is 265 Å². The minimum absolute atomic E-state index is 0.525. The van der Waals surface area contributed by atoms with Gasteiger partial charge in [-0.15, -0.1) is 0 Å². The van der Waals surface area contributed by atoms with Gasteiger partial charge in [0.2, 0.25) is 0 Å². The molecule has 1 aromatic heterocycles. The van der Waals surface area contributed by atoms with E-state index >= 15 is 0 Å². The van der Waals surface area contributed by atoms with E-state index in [1.165, 1.54) is 81.7 Å². The normalized spacial score (nSPS) is 14.4. The first-order valence-corrected chi connectivity index (χ1v) is 25.6. The highest BCUT2D eigenvalue weighted by Gasteiger charge is 2.52. The number of nitrogens with zero attached hydrogens (tertiary/aromatic N) is 2. The molecule has 0 saturated heterocycles. The Labute approximate surface area is 421 Å². The van der Waals surface area contributed by atoms with Gasteiger partial charge in [-0.3, -0.25) is 0 Å². The number of rotatable bonds is 4. The molecule has 2 aliphatic carbocycles. The zero-order valence-electron chi connectivity index (χ0n) is 39.0. The second-order valence-corrected chi connectivity index (χ2v) is 20.5. The molecule has 72 heavy (non-hydrogen) atoms. The van der Waals surface area contributed by atoms with Crippen LogP contribution in [0.2, 0.25) is 0 Å². The predicted molar refractivity (Wildman–Crippen MR) is 294 cm³/mol. The van der Waals surface area contributed by atoms with Crippen molar-refractivity contribution in [1.29, 1.82) is 0 Å². The van der Waals surface area contributed by atoms with Crippen LogP contribution in [0.1, 0.15) is 44.5 Å². The lowest BCUT2D eigenvalue weighted by atomic mass is 9.66. The summed E-state index contributed by atoms with van der Waals surface area (Å²) in [5.74, 6) is 1.79. The molecule has 0 N–H and O–H groups in total. The topological polar surface area (TPSA) is 17.4 Å². The van der Waals surface area contributed by atoms with E-state index in [9.17, 15) is 0 Å². The first-order valence-electron chi connectivity index (χ1n) is 24.8. The maximum absolute atomic E-state index is 6.71. The van der Waals surface area contributed by atoms with Gasteiger partial charge < -0.3 is 14.2 Å². The lowest BCUT2D eigenvalue weighted by Gasteiger charge is -2.40. The lowest BCUT2D eigenvalue weighted by Crippen LogP contribution is -2.32. The minimum atomic E-state index is -0.568. The number of benzene rings is 11. The van der Waals surface area contributed by atoms with Gasteiger partial charge in [-0.25, -0.2) is 0 Å². The summed E-state index contributed by atoms with van der Waals surface area (Å²) in [5, 5.41) is 2.45. The van der Waals surface area contributed by atoms with Crippen LogP contribution in [0.25, 0.3) is 49.7 Å². The van der Waals surface area contributed by atoms with Crippen molar-refractivity contribution >= 4 is 50.6 Å². The summed E-state index contributed by atoms with van der Waals surface area (Å²) in [4.78, 5) is 5.10. The van der Waals surface area contributed by atoms with Gasteiger partial charge in [0.1, 0.15) is 11.5 Å². The second-order valence-electron chi connectivity index (χ2n) is 19.5. The van der Waals surface area contributed by atoms with Gasteiger partial charge in [0.05, 0.1) is 21.9 Å². The lowest BCUT2D eigenvalue weighted by molar-refractivity contribution is 0.436. The number of aromatic nitrogens is 1. The SMILES string of the molecule is c1ccc(-n2c3ccccc3c3ccc(N(c4ccc5c(c4)-c4ccccc4C54c5ccccc5Oc5ccccc54)c4ccc5c(c4)C4(c6ccccc6Sc6ccccc64)c4ccccc4-5)cc32)cc1. The van der Waals surface area contributed by atoms with Crippen molar-refractivity contribution in [2.24, 2.45) is 0 Å². The van der Waals surface area contributed by atoms with Gasteiger partial charge in [-0.2, -0.15) is 0 Å². The molecule has 0 bridgehead atoms. The number of para-hydroxylation sites is 4. The molecule has 16 rings (SSSR count). The zero-order chi connectivity index (χ0) is 47.1. The average molecular weight is 935 g/mol. The molecule has 3 heterocycles. The summed E-state index contributed by atoms with van der Waals surface area (Å²) >= 11 is 1.88. The molecule has 2 aliphatic heterocycles. The molecule has 0 atom stereocenters. The smallest absolute Gasteiger partial charge is 0.132 e. The molecule has 0 radical (unpaired) electrons.